The van der Waals surface area contributed by atoms with E-state index in [0.717, 1.165) is 19.3 Å². The third kappa shape index (κ3) is 7.20. The molecule has 0 fully saturated rings. The molecule has 0 aromatic heterocycles. The van der Waals surface area contributed by atoms with Crippen LogP contribution in [0.1, 0.15) is 40.0 Å². The first-order valence-electron chi connectivity index (χ1n) is 13.8. The monoisotopic (exact) mass is 504 g/mol. The number of nitrogens with zero attached hydrogens (tertiary/aromatic N) is 3. The van der Waals surface area contributed by atoms with Crippen LogP contribution in [0.15, 0.2) is 118 Å². The highest BCUT2D eigenvalue weighted by atomic mass is 16.2. The van der Waals surface area contributed by atoms with Crippen molar-refractivity contribution < 1.29 is 9.51 Å². The normalized spacial score (nSPS) is 24.3. The lowest BCUT2D eigenvalue weighted by Gasteiger charge is -2.12. The second-order valence-corrected chi connectivity index (χ2v) is 9.33. The van der Waals surface area contributed by atoms with E-state index in [-0.39, 0.29) is 6.04 Å². The summed E-state index contributed by atoms with van der Waals surface area (Å²) >= 11 is 0. The second kappa shape index (κ2) is 14.6. The Labute approximate surface area is 231 Å². The lowest BCUT2D eigenvalue weighted by Crippen LogP contribution is -2.37. The zero-order valence-electron chi connectivity index (χ0n) is 23.5. The Balaban J connectivity index is 0.000000154. The summed E-state index contributed by atoms with van der Waals surface area (Å²) in [6.45, 7) is 9.71. The van der Waals surface area contributed by atoms with Crippen LogP contribution in [0.25, 0.3) is 0 Å². The summed E-state index contributed by atoms with van der Waals surface area (Å²) in [7, 11) is 4.08. The highest BCUT2D eigenvalue weighted by Crippen LogP contribution is 2.23. The molecule has 0 bridgehead atoms. The van der Waals surface area contributed by atoms with Crippen molar-refractivity contribution in [1.29, 1.82) is 0 Å². The van der Waals surface area contributed by atoms with Gasteiger partial charge >= 0.3 is 7.05 Å². The van der Waals surface area contributed by atoms with Crippen molar-refractivity contribution in [2.45, 2.75) is 71.8 Å². The van der Waals surface area contributed by atoms with Gasteiger partial charge in [-0.25, -0.2) is 0 Å². The zero-order valence-corrected chi connectivity index (χ0v) is 23.5. The molecule has 4 nitrogen and oxygen atoms in total. The Morgan fingerprint density at radius 1 is 0.711 bits per heavy atom. The molecule has 3 aliphatic heterocycles. The van der Waals surface area contributed by atoms with Crippen molar-refractivity contribution in [3.8, 4) is 0 Å². The van der Waals surface area contributed by atoms with Crippen LogP contribution in [-0.2, 0) is 0 Å². The van der Waals surface area contributed by atoms with E-state index in [1.165, 1.54) is 40.7 Å². The summed E-state index contributed by atoms with van der Waals surface area (Å²) < 4.78 is 2.06. The summed E-state index contributed by atoms with van der Waals surface area (Å²) in [5.41, 5.74) is 7.62. The van der Waals surface area contributed by atoms with Gasteiger partial charge in [0.05, 0.1) is 19.9 Å². The summed E-state index contributed by atoms with van der Waals surface area (Å²) in [6.07, 6.45) is 34.7. The topological polar surface area (TPSA) is 48.0 Å². The van der Waals surface area contributed by atoms with E-state index in [1.54, 1.807) is 0 Å². The van der Waals surface area contributed by atoms with Crippen LogP contribution in [0, 0.1) is 0 Å². The summed E-state index contributed by atoms with van der Waals surface area (Å²) in [4.78, 5) is 9.03. The Bertz CT molecular complexity index is 1170. The van der Waals surface area contributed by atoms with Crippen molar-refractivity contribution >= 4 is 32.0 Å². The maximum Gasteiger partial charge on any atom is 0.649 e. The Kier molecular flexibility index (Phi) is 11.3. The number of hydrogen-bond donors (Lipinski definition) is 1. The molecule has 0 saturated heterocycles. The van der Waals surface area contributed by atoms with Crippen molar-refractivity contribution in [1.82, 2.24) is 0 Å². The molecule has 6 heteroatoms. The van der Waals surface area contributed by atoms with Crippen molar-refractivity contribution in [2.75, 3.05) is 0 Å². The van der Waals surface area contributed by atoms with Gasteiger partial charge in [-0.3, -0.25) is 14.5 Å². The molecule has 3 atom stereocenters. The average molecular weight is 504 g/mol. The SMILES string of the molecule is CCC1=NC2C=CC=CC2=C1.CCC1=NC2C=CC=CC2=C1.CCC1=[N+](B(C)O)C2C=CC=CC2=C1.[B]C. The fourth-order valence-corrected chi connectivity index (χ4v) is 4.93. The number of fused-ring (bicyclic) bond motifs is 3. The molecule has 3 heterocycles. The molecule has 0 aromatic carbocycles. The van der Waals surface area contributed by atoms with Crippen molar-refractivity contribution in [2.24, 2.45) is 9.98 Å². The largest absolute Gasteiger partial charge is 0.649 e. The third-order valence-electron chi connectivity index (χ3n) is 6.83. The highest BCUT2D eigenvalue weighted by Gasteiger charge is 2.37. The maximum absolute atomic E-state index is 9.71. The minimum atomic E-state index is -0.417. The molecule has 6 rings (SSSR count). The molecule has 38 heavy (non-hydrogen) atoms. The Morgan fingerprint density at radius 2 is 1.18 bits per heavy atom. The molecule has 6 aliphatic rings. The van der Waals surface area contributed by atoms with Gasteiger partial charge in [-0.05, 0) is 42.2 Å². The first kappa shape index (κ1) is 29.3. The third-order valence-corrected chi connectivity index (χ3v) is 6.83. The zero-order chi connectivity index (χ0) is 27.5. The first-order valence-corrected chi connectivity index (χ1v) is 13.8. The molecule has 1 N–H and O–H groups in total. The standard InChI is InChI=1S/C11H15BNO.2C10H11N.CH3B/c1-3-10-8-9-6-4-5-7-11(9)13(10)12(2)14;2*1-2-9-7-8-5-3-4-6-10(8)11-9;1-2/h4-8,11,14H,3H2,1-2H3;2*3-7,10H,2H2,1H3;1H3/q+1;;;. The van der Waals surface area contributed by atoms with Crippen LogP contribution in [0.4, 0.5) is 0 Å². The lowest BCUT2D eigenvalue weighted by molar-refractivity contribution is -0.420. The van der Waals surface area contributed by atoms with E-state index in [0.29, 0.717) is 12.1 Å². The minimum Gasteiger partial charge on any atom is -0.390 e. The number of aliphatic imine (C=N–C) groups is 2. The van der Waals surface area contributed by atoms with Gasteiger partial charge in [0.25, 0.3) is 0 Å². The summed E-state index contributed by atoms with van der Waals surface area (Å²) in [5, 5.41) is 9.71. The van der Waals surface area contributed by atoms with E-state index in [9.17, 15) is 5.02 Å². The lowest BCUT2D eigenvalue weighted by atomic mass is 9.84. The fraction of sp³-hybridized carbons (Fsp3) is 0.344. The molecule has 0 spiro atoms. The van der Waals surface area contributed by atoms with E-state index in [2.05, 4.69) is 122 Å². The van der Waals surface area contributed by atoms with Crippen LogP contribution < -0.4 is 0 Å². The van der Waals surface area contributed by atoms with Crippen molar-refractivity contribution in [3.63, 3.8) is 0 Å². The Morgan fingerprint density at radius 3 is 1.61 bits per heavy atom. The average Bonchev–Trinajstić information content (AvgIpc) is 3.68. The molecule has 0 aromatic rings. The van der Waals surface area contributed by atoms with Gasteiger partial charge in [0.15, 0.2) is 11.8 Å². The molecular weight excluding hydrogens is 464 g/mol. The summed E-state index contributed by atoms with van der Waals surface area (Å²) in [6, 6.07) is 0.903. The predicted molar refractivity (Wildman–Crippen MR) is 167 cm³/mol. The van der Waals surface area contributed by atoms with E-state index in [1.807, 2.05) is 19.0 Å². The molecule has 194 valence electrons. The molecule has 3 aliphatic carbocycles. The predicted octanol–water partition coefficient (Wildman–Crippen LogP) is 6.14. The van der Waals surface area contributed by atoms with Gasteiger partial charge in [-0.15, -0.1) is 0 Å². The quantitative estimate of drug-likeness (QED) is 0.460. The number of rotatable bonds is 4. The molecule has 0 saturated carbocycles. The molecule has 3 unspecified atom stereocenters. The molecule has 0 amide bonds. The van der Waals surface area contributed by atoms with Crippen LogP contribution >= 0.6 is 0 Å². The van der Waals surface area contributed by atoms with Crippen molar-refractivity contribution in [3.05, 3.63) is 108 Å². The molecule has 2 radical (unpaired) electrons. The Hall–Kier alpha value is -3.24. The fourth-order valence-electron chi connectivity index (χ4n) is 4.93. The van der Waals surface area contributed by atoms with Gasteiger partial charge in [0, 0.05) is 36.3 Å². The van der Waals surface area contributed by atoms with E-state index in [4.69, 9.17) is 0 Å². The van der Waals surface area contributed by atoms with Gasteiger partial charge in [0.2, 0.25) is 0 Å². The first-order chi connectivity index (χ1) is 18.5. The van der Waals surface area contributed by atoms with E-state index >= 15 is 0 Å². The van der Waals surface area contributed by atoms with Crippen LogP contribution in [-0.4, -0.2) is 59.7 Å². The maximum atomic E-state index is 9.71. The second-order valence-electron chi connectivity index (χ2n) is 9.33. The minimum absolute atomic E-state index is 0.245. The van der Waals surface area contributed by atoms with E-state index < -0.39 is 7.05 Å². The number of allylic oxidation sites excluding steroid dienone is 9. The highest BCUT2D eigenvalue weighted by molar-refractivity contribution is 6.40. The van der Waals surface area contributed by atoms with Crippen LogP contribution in [0.3, 0.4) is 0 Å². The molecular formula is C32H40B2N3O+. The van der Waals surface area contributed by atoms with Gasteiger partial charge in [-0.1, -0.05) is 94.4 Å². The van der Waals surface area contributed by atoms with Crippen LogP contribution in [0.5, 0.6) is 0 Å². The summed E-state index contributed by atoms with van der Waals surface area (Å²) in [5.74, 6) is 0. The van der Waals surface area contributed by atoms with Gasteiger partial charge in [0.1, 0.15) is 0 Å². The van der Waals surface area contributed by atoms with Gasteiger partial charge < -0.3 is 5.02 Å². The number of hydrogen-bond acceptors (Lipinski definition) is 3. The van der Waals surface area contributed by atoms with Crippen LogP contribution in [0.2, 0.25) is 13.6 Å². The smallest absolute Gasteiger partial charge is 0.390 e. The van der Waals surface area contributed by atoms with Gasteiger partial charge in [-0.2, -0.15) is 0 Å².